The van der Waals surface area contributed by atoms with Gasteiger partial charge in [-0.2, -0.15) is 5.10 Å². The van der Waals surface area contributed by atoms with Gasteiger partial charge in [-0.15, -0.1) is 0 Å². The summed E-state index contributed by atoms with van der Waals surface area (Å²) in [5.41, 5.74) is 1.60. The number of carbonyl (C=O) groups is 1. The third-order valence-electron chi connectivity index (χ3n) is 6.47. The van der Waals surface area contributed by atoms with E-state index in [1.165, 1.54) is 36.8 Å². The molecule has 0 bridgehead atoms. The van der Waals surface area contributed by atoms with Crippen molar-refractivity contribution in [2.24, 2.45) is 5.92 Å². The standard InChI is InChI=1S/C21H31N5O3/c1-14-18(15(2)29-24-14)13-26-21(28)25-11-10-17(8-9-19(25)23-26)22-20(27)12-16-6-4-3-5-7-16/h16-17H,3-13H2,1-2H3,(H,22,27). The van der Waals surface area contributed by atoms with Gasteiger partial charge in [-0.3, -0.25) is 9.36 Å². The number of amides is 1. The van der Waals surface area contributed by atoms with E-state index in [4.69, 9.17) is 4.52 Å². The summed E-state index contributed by atoms with van der Waals surface area (Å²) in [5.74, 6) is 2.22. The summed E-state index contributed by atoms with van der Waals surface area (Å²) in [7, 11) is 0. The van der Waals surface area contributed by atoms with Crippen LogP contribution >= 0.6 is 0 Å². The molecule has 0 radical (unpaired) electrons. The SMILES string of the molecule is Cc1noc(C)c1Cn1nc2n(c1=O)CCC(NC(=O)CC1CCCCC1)CC2. The van der Waals surface area contributed by atoms with E-state index in [2.05, 4.69) is 15.6 Å². The van der Waals surface area contributed by atoms with Gasteiger partial charge in [0.25, 0.3) is 0 Å². The van der Waals surface area contributed by atoms with E-state index < -0.39 is 0 Å². The Balaban J connectivity index is 1.36. The Morgan fingerprint density at radius 1 is 1.17 bits per heavy atom. The molecule has 29 heavy (non-hydrogen) atoms. The van der Waals surface area contributed by atoms with E-state index in [9.17, 15) is 9.59 Å². The lowest BCUT2D eigenvalue weighted by Gasteiger charge is -2.22. The van der Waals surface area contributed by atoms with Gasteiger partial charge in [-0.1, -0.05) is 24.4 Å². The van der Waals surface area contributed by atoms with Crippen LogP contribution in [0.3, 0.4) is 0 Å². The Morgan fingerprint density at radius 2 is 1.97 bits per heavy atom. The first-order valence-corrected chi connectivity index (χ1v) is 10.9. The minimum absolute atomic E-state index is 0.103. The molecule has 0 aromatic carbocycles. The minimum Gasteiger partial charge on any atom is -0.361 e. The zero-order valence-corrected chi connectivity index (χ0v) is 17.4. The van der Waals surface area contributed by atoms with Gasteiger partial charge in [0.05, 0.1) is 12.2 Å². The molecule has 158 valence electrons. The van der Waals surface area contributed by atoms with Gasteiger partial charge in [0, 0.05) is 31.0 Å². The van der Waals surface area contributed by atoms with Gasteiger partial charge < -0.3 is 9.84 Å². The van der Waals surface area contributed by atoms with Gasteiger partial charge in [0.1, 0.15) is 11.6 Å². The normalized spacial score (nSPS) is 20.3. The molecule has 1 N–H and O–H groups in total. The highest BCUT2D eigenvalue weighted by atomic mass is 16.5. The number of nitrogens with one attached hydrogen (secondary N) is 1. The number of aromatic nitrogens is 4. The molecule has 1 aliphatic heterocycles. The molecule has 8 heteroatoms. The van der Waals surface area contributed by atoms with Gasteiger partial charge in [-0.05, 0) is 45.4 Å². The summed E-state index contributed by atoms with van der Waals surface area (Å²) in [6.07, 6.45) is 9.09. The molecular weight excluding hydrogens is 370 g/mol. The van der Waals surface area contributed by atoms with Gasteiger partial charge >= 0.3 is 5.69 Å². The van der Waals surface area contributed by atoms with Crippen LogP contribution in [0.15, 0.2) is 9.32 Å². The van der Waals surface area contributed by atoms with Crippen molar-refractivity contribution in [3.05, 3.63) is 33.3 Å². The number of aryl methyl sites for hydroxylation is 3. The second-order valence-electron chi connectivity index (χ2n) is 8.61. The maximum atomic E-state index is 12.8. The van der Waals surface area contributed by atoms with Gasteiger partial charge in [0.15, 0.2) is 0 Å². The predicted molar refractivity (Wildman–Crippen MR) is 108 cm³/mol. The van der Waals surface area contributed by atoms with E-state index >= 15 is 0 Å². The number of nitrogens with zero attached hydrogens (tertiary/aromatic N) is 4. The molecule has 2 aromatic rings. The molecule has 2 aliphatic rings. The van der Waals surface area contributed by atoms with E-state index in [1.807, 2.05) is 13.8 Å². The number of hydrogen-bond acceptors (Lipinski definition) is 5. The van der Waals surface area contributed by atoms with Crippen molar-refractivity contribution in [2.75, 3.05) is 0 Å². The lowest BCUT2D eigenvalue weighted by Crippen LogP contribution is -2.37. The molecule has 1 aliphatic carbocycles. The van der Waals surface area contributed by atoms with Crippen LogP contribution < -0.4 is 11.0 Å². The van der Waals surface area contributed by atoms with E-state index in [1.54, 1.807) is 4.57 Å². The zero-order chi connectivity index (χ0) is 20.4. The highest BCUT2D eigenvalue weighted by Crippen LogP contribution is 2.26. The molecule has 4 rings (SSSR count). The smallest absolute Gasteiger partial charge is 0.346 e. The third kappa shape index (κ3) is 4.46. The van der Waals surface area contributed by atoms with Gasteiger partial charge in [-0.25, -0.2) is 9.48 Å². The summed E-state index contributed by atoms with van der Waals surface area (Å²) < 4.78 is 8.45. The third-order valence-corrected chi connectivity index (χ3v) is 6.47. The largest absolute Gasteiger partial charge is 0.361 e. The molecule has 0 saturated heterocycles. The second kappa shape index (κ2) is 8.55. The Labute approximate surface area is 170 Å². The molecular formula is C21H31N5O3. The number of carbonyl (C=O) groups excluding carboxylic acids is 1. The average molecular weight is 402 g/mol. The summed E-state index contributed by atoms with van der Waals surface area (Å²) >= 11 is 0. The van der Waals surface area contributed by atoms with Crippen LogP contribution in [0.5, 0.6) is 0 Å². The Kier molecular flexibility index (Phi) is 5.87. The fraction of sp³-hybridized carbons (Fsp3) is 0.714. The van der Waals surface area contributed by atoms with E-state index in [0.29, 0.717) is 31.8 Å². The summed E-state index contributed by atoms with van der Waals surface area (Å²) in [4.78, 5) is 25.3. The molecule has 1 amide bonds. The highest BCUT2D eigenvalue weighted by molar-refractivity contribution is 5.76. The molecule has 1 saturated carbocycles. The highest BCUT2D eigenvalue weighted by Gasteiger charge is 2.24. The molecule has 1 unspecified atom stereocenters. The summed E-state index contributed by atoms with van der Waals surface area (Å²) in [6.45, 7) is 4.69. The first-order chi connectivity index (χ1) is 14.0. The van der Waals surface area contributed by atoms with Crippen LogP contribution in [-0.2, 0) is 24.3 Å². The maximum absolute atomic E-state index is 12.8. The molecule has 1 atom stereocenters. The van der Waals surface area contributed by atoms with Crippen molar-refractivity contribution in [3.8, 4) is 0 Å². The van der Waals surface area contributed by atoms with Crippen LogP contribution in [-0.4, -0.2) is 31.5 Å². The van der Waals surface area contributed by atoms with E-state index in [-0.39, 0.29) is 17.6 Å². The topological polar surface area (TPSA) is 94.9 Å². The minimum atomic E-state index is -0.103. The average Bonchev–Trinajstić information content (AvgIpc) is 3.09. The fourth-order valence-corrected chi connectivity index (χ4v) is 4.69. The molecule has 0 spiro atoms. The Hall–Kier alpha value is -2.38. The monoisotopic (exact) mass is 401 g/mol. The number of rotatable bonds is 5. The Bertz CT molecular complexity index is 900. The predicted octanol–water partition coefficient (Wildman–Crippen LogP) is 2.49. The fourth-order valence-electron chi connectivity index (χ4n) is 4.69. The molecule has 3 heterocycles. The summed E-state index contributed by atoms with van der Waals surface area (Å²) in [6, 6.07) is 0.114. The maximum Gasteiger partial charge on any atom is 0.346 e. The number of hydrogen-bond donors (Lipinski definition) is 1. The van der Waals surface area contributed by atoms with Crippen LogP contribution in [0.4, 0.5) is 0 Å². The van der Waals surface area contributed by atoms with Crippen molar-refractivity contribution >= 4 is 5.91 Å². The van der Waals surface area contributed by atoms with Crippen LogP contribution in [0.1, 0.15) is 74.2 Å². The molecule has 2 aromatic heterocycles. The van der Waals surface area contributed by atoms with Crippen molar-refractivity contribution < 1.29 is 9.32 Å². The quantitative estimate of drug-likeness (QED) is 0.831. The Morgan fingerprint density at radius 3 is 2.69 bits per heavy atom. The lowest BCUT2D eigenvalue weighted by atomic mass is 9.87. The van der Waals surface area contributed by atoms with Crippen LogP contribution in [0.2, 0.25) is 0 Å². The first kappa shape index (κ1) is 19.9. The van der Waals surface area contributed by atoms with E-state index in [0.717, 1.165) is 35.7 Å². The second-order valence-corrected chi connectivity index (χ2v) is 8.61. The molecule has 1 fully saturated rings. The van der Waals surface area contributed by atoms with Gasteiger partial charge in [0.2, 0.25) is 5.91 Å². The van der Waals surface area contributed by atoms with Crippen molar-refractivity contribution in [1.29, 1.82) is 0 Å². The van der Waals surface area contributed by atoms with Crippen molar-refractivity contribution in [1.82, 2.24) is 24.8 Å². The number of fused-ring (bicyclic) bond motifs is 1. The van der Waals surface area contributed by atoms with Crippen molar-refractivity contribution in [2.45, 2.75) is 90.8 Å². The van der Waals surface area contributed by atoms with Crippen LogP contribution in [0, 0.1) is 19.8 Å². The summed E-state index contributed by atoms with van der Waals surface area (Å²) in [5, 5.41) is 11.7. The molecule has 8 nitrogen and oxygen atoms in total. The lowest BCUT2D eigenvalue weighted by molar-refractivity contribution is -0.123. The zero-order valence-electron chi connectivity index (χ0n) is 17.4. The first-order valence-electron chi connectivity index (χ1n) is 10.9. The van der Waals surface area contributed by atoms with Crippen molar-refractivity contribution in [3.63, 3.8) is 0 Å². The van der Waals surface area contributed by atoms with Crippen LogP contribution in [0.25, 0.3) is 0 Å².